The minimum Gasteiger partial charge on any atom is -0.344 e. The lowest BCUT2D eigenvalue weighted by molar-refractivity contribution is -0.139. The summed E-state index contributed by atoms with van der Waals surface area (Å²) >= 11 is 0. The van der Waals surface area contributed by atoms with Crippen LogP contribution in [0.3, 0.4) is 0 Å². The van der Waals surface area contributed by atoms with Gasteiger partial charge < -0.3 is 5.32 Å². The number of fused-ring (bicyclic) bond motifs is 2. The zero-order valence-corrected chi connectivity index (χ0v) is 15.6. The normalized spacial score (nSPS) is 11.0. The average molecular weight is 381 g/mol. The van der Waals surface area contributed by atoms with Crippen molar-refractivity contribution in [2.24, 2.45) is 5.10 Å². The number of nitrogens with zero attached hydrogens (tertiary/aromatic N) is 1. The van der Waals surface area contributed by atoms with Crippen LogP contribution in [0.15, 0.2) is 90.0 Å². The van der Waals surface area contributed by atoms with Crippen LogP contribution in [0.1, 0.15) is 11.1 Å². The topological polar surface area (TPSA) is 70.6 Å². The van der Waals surface area contributed by atoms with Crippen LogP contribution < -0.4 is 10.7 Å². The molecule has 29 heavy (non-hydrogen) atoms. The molecule has 2 amide bonds. The highest BCUT2D eigenvalue weighted by Gasteiger charge is 2.12. The molecule has 0 aliphatic rings. The summed E-state index contributed by atoms with van der Waals surface area (Å²) in [5.41, 5.74) is 4.12. The summed E-state index contributed by atoms with van der Waals surface area (Å²) in [7, 11) is 0. The van der Waals surface area contributed by atoms with E-state index < -0.39 is 11.8 Å². The molecule has 4 aromatic rings. The largest absolute Gasteiger partial charge is 0.344 e. The molecular weight excluding hydrogens is 362 g/mol. The molecule has 4 aromatic carbocycles. The van der Waals surface area contributed by atoms with E-state index in [0.717, 1.165) is 32.7 Å². The first-order valence-corrected chi connectivity index (χ1v) is 9.28. The van der Waals surface area contributed by atoms with Gasteiger partial charge in [-0.05, 0) is 33.2 Å². The Balaban J connectivity index is 1.50. The van der Waals surface area contributed by atoms with Gasteiger partial charge in [-0.1, -0.05) is 78.9 Å². The molecule has 5 nitrogen and oxygen atoms in total. The van der Waals surface area contributed by atoms with Gasteiger partial charge >= 0.3 is 11.8 Å². The molecule has 0 spiro atoms. The SMILES string of the molecule is O=C(NCc1ccccc1)C(=O)N/N=C\c1c2ccccc2cc2ccccc12. The van der Waals surface area contributed by atoms with Crippen molar-refractivity contribution in [3.05, 3.63) is 96.1 Å². The van der Waals surface area contributed by atoms with Gasteiger partial charge in [-0.25, -0.2) is 5.43 Å². The lowest BCUT2D eigenvalue weighted by atomic mass is 9.97. The van der Waals surface area contributed by atoms with Gasteiger partial charge in [0, 0.05) is 12.1 Å². The van der Waals surface area contributed by atoms with Crippen molar-refractivity contribution in [1.82, 2.24) is 10.7 Å². The molecule has 2 N–H and O–H groups in total. The molecule has 5 heteroatoms. The van der Waals surface area contributed by atoms with Crippen LogP contribution in [0.25, 0.3) is 21.5 Å². The fourth-order valence-corrected chi connectivity index (χ4v) is 3.25. The van der Waals surface area contributed by atoms with E-state index in [0.29, 0.717) is 0 Å². The Bertz CT molecular complexity index is 1160. The van der Waals surface area contributed by atoms with E-state index in [1.165, 1.54) is 0 Å². The Kier molecular flexibility index (Phi) is 5.29. The predicted octanol–water partition coefficient (Wildman–Crippen LogP) is 3.76. The van der Waals surface area contributed by atoms with Crippen molar-refractivity contribution in [2.75, 3.05) is 0 Å². The molecule has 142 valence electrons. The highest BCUT2D eigenvalue weighted by Crippen LogP contribution is 2.27. The summed E-state index contributed by atoms with van der Waals surface area (Å²) in [5, 5.41) is 10.8. The molecule has 0 bridgehead atoms. The molecule has 0 aromatic heterocycles. The number of hydrogen-bond acceptors (Lipinski definition) is 3. The Labute approximate surface area is 168 Å². The van der Waals surface area contributed by atoms with E-state index in [1.807, 2.05) is 78.9 Å². The van der Waals surface area contributed by atoms with Gasteiger partial charge in [0.15, 0.2) is 0 Å². The third-order valence-corrected chi connectivity index (χ3v) is 4.67. The maximum atomic E-state index is 12.0. The van der Waals surface area contributed by atoms with E-state index >= 15 is 0 Å². The minimum atomic E-state index is -0.804. The Morgan fingerprint density at radius 1 is 0.759 bits per heavy atom. The van der Waals surface area contributed by atoms with Crippen molar-refractivity contribution in [3.8, 4) is 0 Å². The van der Waals surface area contributed by atoms with Gasteiger partial charge in [0.2, 0.25) is 0 Å². The van der Waals surface area contributed by atoms with E-state index in [2.05, 4.69) is 21.9 Å². The van der Waals surface area contributed by atoms with Crippen LogP contribution in [-0.4, -0.2) is 18.0 Å². The Hall–Kier alpha value is -3.99. The summed E-state index contributed by atoms with van der Waals surface area (Å²) < 4.78 is 0. The van der Waals surface area contributed by atoms with Crippen molar-refractivity contribution in [2.45, 2.75) is 6.54 Å². The number of carbonyl (C=O) groups excluding carboxylic acids is 2. The number of benzene rings is 4. The molecule has 0 aliphatic carbocycles. The van der Waals surface area contributed by atoms with Crippen LogP contribution in [0.2, 0.25) is 0 Å². The number of hydrazone groups is 1. The first kappa shape index (κ1) is 18.4. The molecule has 0 radical (unpaired) electrons. The first-order valence-electron chi connectivity index (χ1n) is 9.28. The molecule has 0 atom stereocenters. The second-order valence-electron chi connectivity index (χ2n) is 6.60. The highest BCUT2D eigenvalue weighted by atomic mass is 16.2. The molecule has 0 saturated heterocycles. The summed E-state index contributed by atoms with van der Waals surface area (Å²) in [6.07, 6.45) is 1.59. The van der Waals surface area contributed by atoms with Crippen LogP contribution in [0.4, 0.5) is 0 Å². The smallest absolute Gasteiger partial charge is 0.329 e. The van der Waals surface area contributed by atoms with E-state index in [9.17, 15) is 9.59 Å². The molecule has 0 saturated carbocycles. The zero-order valence-electron chi connectivity index (χ0n) is 15.6. The van der Waals surface area contributed by atoms with Crippen molar-refractivity contribution in [1.29, 1.82) is 0 Å². The second-order valence-corrected chi connectivity index (χ2v) is 6.60. The zero-order chi connectivity index (χ0) is 20.1. The predicted molar refractivity (Wildman–Crippen MR) is 115 cm³/mol. The lowest BCUT2D eigenvalue weighted by Crippen LogP contribution is -2.37. The van der Waals surface area contributed by atoms with Gasteiger partial charge in [0.05, 0.1) is 6.21 Å². The number of carbonyl (C=O) groups is 2. The van der Waals surface area contributed by atoms with E-state index in [1.54, 1.807) is 6.21 Å². The van der Waals surface area contributed by atoms with Crippen LogP contribution in [0.5, 0.6) is 0 Å². The fraction of sp³-hybridized carbons (Fsp3) is 0.0417. The van der Waals surface area contributed by atoms with Crippen molar-refractivity contribution in [3.63, 3.8) is 0 Å². The van der Waals surface area contributed by atoms with Crippen molar-refractivity contribution < 1.29 is 9.59 Å². The van der Waals surface area contributed by atoms with E-state index in [-0.39, 0.29) is 6.54 Å². The minimum absolute atomic E-state index is 0.283. The molecule has 0 heterocycles. The summed E-state index contributed by atoms with van der Waals surface area (Å²) in [4.78, 5) is 24.0. The fourth-order valence-electron chi connectivity index (χ4n) is 3.25. The maximum Gasteiger partial charge on any atom is 0.329 e. The van der Waals surface area contributed by atoms with Gasteiger partial charge in [0.1, 0.15) is 0 Å². The third-order valence-electron chi connectivity index (χ3n) is 4.67. The van der Waals surface area contributed by atoms with Gasteiger partial charge in [-0.3, -0.25) is 9.59 Å². The highest BCUT2D eigenvalue weighted by molar-refractivity contribution is 6.35. The quantitative estimate of drug-likeness (QED) is 0.245. The number of amides is 2. The summed E-state index contributed by atoms with van der Waals surface area (Å²) in [5.74, 6) is -1.53. The van der Waals surface area contributed by atoms with Gasteiger partial charge in [-0.2, -0.15) is 5.10 Å². The number of nitrogens with one attached hydrogen (secondary N) is 2. The maximum absolute atomic E-state index is 12.0. The van der Waals surface area contributed by atoms with Crippen LogP contribution in [0, 0.1) is 0 Å². The molecule has 0 fully saturated rings. The van der Waals surface area contributed by atoms with Gasteiger partial charge in [-0.15, -0.1) is 0 Å². The second kappa shape index (κ2) is 8.35. The monoisotopic (exact) mass is 381 g/mol. The summed E-state index contributed by atoms with van der Waals surface area (Å²) in [6, 6.07) is 27.5. The third kappa shape index (κ3) is 4.14. The van der Waals surface area contributed by atoms with Crippen molar-refractivity contribution >= 4 is 39.6 Å². The number of rotatable bonds is 4. The van der Waals surface area contributed by atoms with Gasteiger partial charge in [0.25, 0.3) is 0 Å². The Morgan fingerprint density at radius 2 is 1.34 bits per heavy atom. The van der Waals surface area contributed by atoms with E-state index in [4.69, 9.17) is 0 Å². The first-order chi connectivity index (χ1) is 14.2. The van der Waals surface area contributed by atoms with Crippen LogP contribution >= 0.6 is 0 Å². The van der Waals surface area contributed by atoms with Crippen LogP contribution in [-0.2, 0) is 16.1 Å². The molecule has 4 rings (SSSR count). The molecular formula is C24H19N3O2. The molecule has 0 unspecified atom stereocenters. The molecule has 0 aliphatic heterocycles. The number of hydrogen-bond donors (Lipinski definition) is 2. The standard InChI is InChI=1S/C24H19N3O2/c28-23(25-15-17-8-2-1-3-9-17)24(29)27-26-16-22-20-12-6-4-10-18(20)14-19-11-5-7-13-21(19)22/h1-14,16H,15H2,(H,25,28)(H,27,29)/b26-16-. The summed E-state index contributed by atoms with van der Waals surface area (Å²) in [6.45, 7) is 0.283. The lowest BCUT2D eigenvalue weighted by Gasteiger charge is -2.08. The Morgan fingerprint density at radius 3 is 2.00 bits per heavy atom. The average Bonchev–Trinajstić information content (AvgIpc) is 2.77.